The van der Waals surface area contributed by atoms with Crippen molar-refractivity contribution in [2.75, 3.05) is 31.1 Å². The topological polar surface area (TPSA) is 62.6 Å². The van der Waals surface area contributed by atoms with Crippen molar-refractivity contribution >= 4 is 43.9 Å². The minimum absolute atomic E-state index is 0.00488. The molecule has 0 aliphatic carbocycles. The van der Waals surface area contributed by atoms with Gasteiger partial charge in [-0.2, -0.15) is 0 Å². The molecule has 1 aliphatic rings. The van der Waals surface area contributed by atoms with E-state index in [2.05, 4.69) is 4.90 Å². The predicted molar refractivity (Wildman–Crippen MR) is 134 cm³/mol. The van der Waals surface area contributed by atoms with Crippen LogP contribution in [0.2, 0.25) is 5.02 Å². The Morgan fingerprint density at radius 3 is 2.34 bits per heavy atom. The van der Waals surface area contributed by atoms with E-state index in [1.807, 2.05) is 24.3 Å². The van der Waals surface area contributed by atoms with Gasteiger partial charge in [0.1, 0.15) is 12.4 Å². The molecular weight excluding hydrogens is 489 g/mol. The molecule has 4 aromatic rings. The zero-order valence-corrected chi connectivity index (χ0v) is 20.3. The first-order chi connectivity index (χ1) is 16.8. The molecule has 0 radical (unpaired) electrons. The third-order valence-corrected chi connectivity index (χ3v) is 8.31. The summed E-state index contributed by atoms with van der Waals surface area (Å²) in [7, 11) is -3.89. The highest BCUT2D eigenvalue weighted by Crippen LogP contribution is 2.30. The monoisotopic (exact) mass is 511 g/mol. The van der Waals surface area contributed by atoms with E-state index in [1.54, 1.807) is 33.7 Å². The standard InChI is InChI=1S/C26H23ClFN3O3S/c27-19-4-3-5-21(16-19)29-12-14-30(15-13-29)26(32)18-31-17-25(23-6-1-2-7-24(23)31)35(33,34)22-10-8-20(28)9-11-22/h1-11,16-17H,12-15,18H2. The first-order valence-corrected chi connectivity index (χ1v) is 13.1. The molecule has 6 nitrogen and oxygen atoms in total. The molecule has 1 amide bonds. The Morgan fingerprint density at radius 2 is 1.63 bits per heavy atom. The second-order valence-corrected chi connectivity index (χ2v) is 10.8. The third-order valence-electron chi connectivity index (χ3n) is 6.28. The van der Waals surface area contributed by atoms with Crippen LogP contribution in [0.4, 0.5) is 10.1 Å². The van der Waals surface area contributed by atoms with Gasteiger partial charge in [0.15, 0.2) is 0 Å². The minimum atomic E-state index is -3.89. The van der Waals surface area contributed by atoms with Gasteiger partial charge in [-0.1, -0.05) is 35.9 Å². The number of sulfone groups is 1. The number of para-hydroxylation sites is 1. The molecule has 5 rings (SSSR count). The van der Waals surface area contributed by atoms with Gasteiger partial charge in [0, 0.05) is 54.0 Å². The van der Waals surface area contributed by atoms with Crippen LogP contribution in [0.3, 0.4) is 0 Å². The van der Waals surface area contributed by atoms with E-state index >= 15 is 0 Å². The molecule has 0 atom stereocenters. The maximum Gasteiger partial charge on any atom is 0.242 e. The van der Waals surface area contributed by atoms with E-state index < -0.39 is 15.7 Å². The third kappa shape index (κ3) is 4.63. The van der Waals surface area contributed by atoms with Crippen molar-refractivity contribution in [1.29, 1.82) is 0 Å². The molecule has 1 aliphatic heterocycles. The molecule has 0 saturated carbocycles. The van der Waals surface area contributed by atoms with Crippen molar-refractivity contribution in [3.05, 3.63) is 89.8 Å². The van der Waals surface area contributed by atoms with Crippen LogP contribution in [-0.2, 0) is 21.2 Å². The summed E-state index contributed by atoms with van der Waals surface area (Å²) in [5.74, 6) is -0.588. The van der Waals surface area contributed by atoms with Gasteiger partial charge in [-0.05, 0) is 48.5 Å². The number of fused-ring (bicyclic) bond motifs is 1. The maximum atomic E-state index is 13.3. The summed E-state index contributed by atoms with van der Waals surface area (Å²) in [6.45, 7) is 2.51. The number of aromatic nitrogens is 1. The highest BCUT2D eigenvalue weighted by Gasteiger charge is 2.26. The highest BCUT2D eigenvalue weighted by atomic mass is 35.5. The number of benzene rings is 3. The van der Waals surface area contributed by atoms with E-state index in [4.69, 9.17) is 11.6 Å². The number of nitrogens with zero attached hydrogens (tertiary/aromatic N) is 3. The highest BCUT2D eigenvalue weighted by molar-refractivity contribution is 7.91. The zero-order valence-electron chi connectivity index (χ0n) is 18.8. The minimum Gasteiger partial charge on any atom is -0.368 e. The number of hydrogen-bond acceptors (Lipinski definition) is 4. The number of anilines is 1. The smallest absolute Gasteiger partial charge is 0.242 e. The summed E-state index contributed by atoms with van der Waals surface area (Å²) in [5, 5.41) is 1.20. The predicted octanol–water partition coefficient (Wildman–Crippen LogP) is 4.62. The van der Waals surface area contributed by atoms with Crippen LogP contribution < -0.4 is 4.90 Å². The van der Waals surface area contributed by atoms with Gasteiger partial charge in [-0.3, -0.25) is 4.79 Å². The summed E-state index contributed by atoms with van der Waals surface area (Å²) in [6.07, 6.45) is 1.50. The number of hydrogen-bond donors (Lipinski definition) is 0. The number of carbonyl (C=O) groups is 1. The van der Waals surface area contributed by atoms with Crippen LogP contribution in [-0.4, -0.2) is 50.0 Å². The number of rotatable bonds is 5. The van der Waals surface area contributed by atoms with Crippen LogP contribution in [0.25, 0.3) is 10.9 Å². The zero-order chi connectivity index (χ0) is 24.6. The van der Waals surface area contributed by atoms with Crippen LogP contribution in [0, 0.1) is 5.82 Å². The second kappa shape index (κ2) is 9.36. The fourth-order valence-corrected chi connectivity index (χ4v) is 6.09. The molecule has 1 saturated heterocycles. The molecule has 35 heavy (non-hydrogen) atoms. The van der Waals surface area contributed by atoms with Gasteiger partial charge in [-0.25, -0.2) is 12.8 Å². The lowest BCUT2D eigenvalue weighted by atomic mass is 10.2. The molecular formula is C26H23ClFN3O3S. The fourth-order valence-electron chi connectivity index (χ4n) is 4.43. The summed E-state index contributed by atoms with van der Waals surface area (Å²) in [5.41, 5.74) is 1.68. The Balaban J connectivity index is 1.36. The Hall–Kier alpha value is -3.36. The molecule has 2 heterocycles. The van der Waals surface area contributed by atoms with Gasteiger partial charge in [-0.15, -0.1) is 0 Å². The Bertz CT molecular complexity index is 1490. The van der Waals surface area contributed by atoms with Gasteiger partial charge in [0.2, 0.25) is 15.7 Å². The molecule has 180 valence electrons. The van der Waals surface area contributed by atoms with Crippen molar-refractivity contribution in [2.24, 2.45) is 0 Å². The van der Waals surface area contributed by atoms with Gasteiger partial charge in [0.25, 0.3) is 0 Å². The Kier molecular flexibility index (Phi) is 6.25. The number of amides is 1. The molecule has 0 unspecified atom stereocenters. The van der Waals surface area contributed by atoms with Gasteiger partial charge >= 0.3 is 0 Å². The Morgan fingerprint density at radius 1 is 0.914 bits per heavy atom. The first kappa shape index (κ1) is 23.4. The maximum absolute atomic E-state index is 13.3. The Labute approximate surface area is 208 Å². The normalized spacial score (nSPS) is 14.5. The van der Waals surface area contributed by atoms with Crippen LogP contribution in [0.15, 0.2) is 88.8 Å². The lowest BCUT2D eigenvalue weighted by Gasteiger charge is -2.36. The summed E-state index contributed by atoms with van der Waals surface area (Å²) in [6, 6.07) is 19.5. The van der Waals surface area contributed by atoms with Crippen molar-refractivity contribution in [3.8, 4) is 0 Å². The largest absolute Gasteiger partial charge is 0.368 e. The fraction of sp³-hybridized carbons (Fsp3) is 0.192. The molecule has 1 fully saturated rings. The molecule has 0 bridgehead atoms. The van der Waals surface area contributed by atoms with E-state index in [1.165, 1.54) is 18.3 Å². The summed E-state index contributed by atoms with van der Waals surface area (Å²) in [4.78, 5) is 17.2. The summed E-state index contributed by atoms with van der Waals surface area (Å²) >= 11 is 6.11. The van der Waals surface area contributed by atoms with Crippen molar-refractivity contribution in [1.82, 2.24) is 9.47 Å². The number of carbonyl (C=O) groups excluding carboxylic acids is 1. The second-order valence-electron chi connectivity index (χ2n) is 8.44. The number of halogens is 2. The van der Waals surface area contributed by atoms with E-state index in [0.717, 1.165) is 17.8 Å². The molecule has 0 N–H and O–H groups in total. The lowest BCUT2D eigenvalue weighted by Crippen LogP contribution is -2.49. The average molecular weight is 512 g/mol. The SMILES string of the molecule is O=C(Cn1cc(S(=O)(=O)c2ccc(F)cc2)c2ccccc21)N1CCN(c2cccc(Cl)c2)CC1. The van der Waals surface area contributed by atoms with Crippen LogP contribution >= 0.6 is 11.6 Å². The van der Waals surface area contributed by atoms with Crippen molar-refractivity contribution < 1.29 is 17.6 Å². The van der Waals surface area contributed by atoms with Crippen LogP contribution in [0.5, 0.6) is 0 Å². The molecule has 3 aromatic carbocycles. The quantitative estimate of drug-likeness (QED) is 0.367. The van der Waals surface area contributed by atoms with E-state index in [0.29, 0.717) is 42.1 Å². The molecule has 0 spiro atoms. The van der Waals surface area contributed by atoms with Crippen molar-refractivity contribution in [3.63, 3.8) is 0 Å². The molecule has 9 heteroatoms. The van der Waals surface area contributed by atoms with E-state index in [9.17, 15) is 17.6 Å². The first-order valence-electron chi connectivity index (χ1n) is 11.2. The summed E-state index contributed by atoms with van der Waals surface area (Å²) < 4.78 is 41.6. The van der Waals surface area contributed by atoms with Gasteiger partial charge < -0.3 is 14.4 Å². The molecule has 1 aromatic heterocycles. The van der Waals surface area contributed by atoms with Crippen molar-refractivity contribution in [2.45, 2.75) is 16.3 Å². The lowest BCUT2D eigenvalue weighted by molar-refractivity contribution is -0.132. The van der Waals surface area contributed by atoms with Crippen LogP contribution in [0.1, 0.15) is 0 Å². The van der Waals surface area contributed by atoms with E-state index in [-0.39, 0.29) is 22.2 Å². The van der Waals surface area contributed by atoms with Gasteiger partial charge in [0.05, 0.1) is 9.79 Å². The number of piperazine rings is 1. The average Bonchev–Trinajstić information content (AvgIpc) is 3.23.